The Morgan fingerprint density at radius 1 is 1.53 bits per heavy atom. The number of hydrogen-bond acceptors (Lipinski definition) is 3. The van der Waals surface area contributed by atoms with E-state index in [1.807, 2.05) is 0 Å². The van der Waals surface area contributed by atoms with Crippen molar-refractivity contribution in [2.45, 2.75) is 32.7 Å². The molecule has 106 valence electrons. The van der Waals surface area contributed by atoms with E-state index in [0.717, 1.165) is 12.8 Å². The normalized spacial score (nSPS) is 12.0. The summed E-state index contributed by atoms with van der Waals surface area (Å²) in [5.74, 6) is -0.109. The second-order valence-corrected chi connectivity index (χ2v) is 4.46. The predicted octanol–water partition coefficient (Wildman–Crippen LogP) is 2.14. The van der Waals surface area contributed by atoms with Crippen molar-refractivity contribution >= 4 is 5.91 Å². The highest BCUT2D eigenvalue weighted by molar-refractivity contribution is 5.77. The van der Waals surface area contributed by atoms with Gasteiger partial charge in [0.15, 0.2) is 6.61 Å². The second kappa shape index (κ2) is 7.74. The number of unbranched alkanes of at least 4 members (excludes halogenated alkanes) is 1. The zero-order valence-electron chi connectivity index (χ0n) is 11.4. The largest absolute Gasteiger partial charge is 0.483 e. The smallest absolute Gasteiger partial charge is 0.257 e. The molecule has 0 bridgehead atoms. The standard InChI is InChI=1S/C14H21FN2O2/c1-3-4-7-17-14(18)9-19-13-6-5-11(15)8-12(13)10(2)16/h5-6,8,10H,3-4,7,9,16H2,1-2H3,(H,17,18)/t10-/m0/s1. The van der Waals surface area contributed by atoms with Crippen molar-refractivity contribution in [1.29, 1.82) is 0 Å². The number of carbonyl (C=O) groups excluding carboxylic acids is 1. The van der Waals surface area contributed by atoms with Crippen LogP contribution in [-0.4, -0.2) is 19.1 Å². The number of amides is 1. The van der Waals surface area contributed by atoms with Crippen LogP contribution >= 0.6 is 0 Å². The minimum absolute atomic E-state index is 0.0882. The summed E-state index contributed by atoms with van der Waals surface area (Å²) in [6.45, 7) is 4.34. The van der Waals surface area contributed by atoms with Gasteiger partial charge >= 0.3 is 0 Å². The average molecular weight is 268 g/mol. The van der Waals surface area contributed by atoms with Gasteiger partial charge in [0.2, 0.25) is 0 Å². The number of halogens is 1. The number of carbonyl (C=O) groups is 1. The SMILES string of the molecule is CCCCNC(=O)COc1ccc(F)cc1[C@H](C)N. The van der Waals surface area contributed by atoms with E-state index in [0.29, 0.717) is 17.9 Å². The Kier molecular flexibility index (Phi) is 6.29. The summed E-state index contributed by atoms with van der Waals surface area (Å²) in [7, 11) is 0. The molecule has 0 saturated carbocycles. The Labute approximate surface area is 113 Å². The molecule has 0 fully saturated rings. The van der Waals surface area contributed by atoms with E-state index in [2.05, 4.69) is 12.2 Å². The van der Waals surface area contributed by atoms with E-state index < -0.39 is 0 Å². The molecule has 0 spiro atoms. The van der Waals surface area contributed by atoms with Crippen LogP contribution in [0.2, 0.25) is 0 Å². The summed E-state index contributed by atoms with van der Waals surface area (Å²) < 4.78 is 18.5. The summed E-state index contributed by atoms with van der Waals surface area (Å²) in [6, 6.07) is 3.76. The van der Waals surface area contributed by atoms with E-state index in [1.54, 1.807) is 6.92 Å². The van der Waals surface area contributed by atoms with Crippen molar-refractivity contribution in [3.05, 3.63) is 29.6 Å². The number of hydrogen-bond donors (Lipinski definition) is 2. The molecule has 0 aromatic heterocycles. The zero-order chi connectivity index (χ0) is 14.3. The van der Waals surface area contributed by atoms with Crippen LogP contribution in [0.5, 0.6) is 5.75 Å². The van der Waals surface area contributed by atoms with Crippen molar-refractivity contribution in [1.82, 2.24) is 5.32 Å². The first-order valence-electron chi connectivity index (χ1n) is 6.49. The third kappa shape index (κ3) is 5.26. The minimum Gasteiger partial charge on any atom is -0.483 e. The summed E-state index contributed by atoms with van der Waals surface area (Å²) in [5, 5.41) is 2.74. The topological polar surface area (TPSA) is 64.3 Å². The lowest BCUT2D eigenvalue weighted by Crippen LogP contribution is -2.29. The summed E-state index contributed by atoms with van der Waals surface area (Å²) in [5.41, 5.74) is 6.30. The van der Waals surface area contributed by atoms with Crippen LogP contribution in [0.3, 0.4) is 0 Å². The lowest BCUT2D eigenvalue weighted by molar-refractivity contribution is -0.123. The van der Waals surface area contributed by atoms with Crippen molar-refractivity contribution in [3.8, 4) is 5.75 Å². The Morgan fingerprint density at radius 3 is 2.89 bits per heavy atom. The van der Waals surface area contributed by atoms with Gasteiger partial charge in [-0.25, -0.2) is 4.39 Å². The number of benzene rings is 1. The van der Waals surface area contributed by atoms with Crippen molar-refractivity contribution in [2.24, 2.45) is 5.73 Å². The highest BCUT2D eigenvalue weighted by atomic mass is 19.1. The molecule has 3 N–H and O–H groups in total. The molecule has 1 aromatic rings. The molecule has 0 aliphatic rings. The van der Waals surface area contributed by atoms with Crippen molar-refractivity contribution in [2.75, 3.05) is 13.2 Å². The number of rotatable bonds is 7. The van der Waals surface area contributed by atoms with Crippen LogP contribution in [0, 0.1) is 5.82 Å². The Morgan fingerprint density at radius 2 is 2.26 bits per heavy atom. The van der Waals surface area contributed by atoms with Gasteiger partial charge in [-0.15, -0.1) is 0 Å². The van der Waals surface area contributed by atoms with Gasteiger partial charge in [-0.05, 0) is 31.5 Å². The van der Waals surface area contributed by atoms with Gasteiger partial charge in [-0.3, -0.25) is 4.79 Å². The van der Waals surface area contributed by atoms with Gasteiger partial charge < -0.3 is 15.8 Å². The molecule has 1 rings (SSSR count). The van der Waals surface area contributed by atoms with E-state index in [-0.39, 0.29) is 24.4 Å². The highest BCUT2D eigenvalue weighted by Gasteiger charge is 2.11. The first kappa shape index (κ1) is 15.4. The predicted molar refractivity (Wildman–Crippen MR) is 72.4 cm³/mol. The Bertz CT molecular complexity index is 422. The molecule has 5 heteroatoms. The summed E-state index contributed by atoms with van der Waals surface area (Å²) >= 11 is 0. The van der Waals surface area contributed by atoms with E-state index >= 15 is 0 Å². The third-order valence-corrected chi connectivity index (χ3v) is 2.67. The van der Waals surface area contributed by atoms with Gasteiger partial charge in [0, 0.05) is 18.2 Å². The van der Waals surface area contributed by atoms with Gasteiger partial charge in [-0.2, -0.15) is 0 Å². The molecule has 4 nitrogen and oxygen atoms in total. The number of ether oxygens (including phenoxy) is 1. The van der Waals surface area contributed by atoms with Gasteiger partial charge in [0.25, 0.3) is 5.91 Å². The summed E-state index contributed by atoms with van der Waals surface area (Å²) in [4.78, 5) is 11.5. The zero-order valence-corrected chi connectivity index (χ0v) is 11.4. The quantitative estimate of drug-likeness (QED) is 0.745. The first-order chi connectivity index (χ1) is 9.04. The molecule has 1 aromatic carbocycles. The Hall–Kier alpha value is -1.62. The van der Waals surface area contributed by atoms with Crippen LogP contribution in [0.15, 0.2) is 18.2 Å². The van der Waals surface area contributed by atoms with Crippen molar-refractivity contribution in [3.63, 3.8) is 0 Å². The van der Waals surface area contributed by atoms with Gasteiger partial charge in [0.1, 0.15) is 11.6 Å². The molecule has 0 saturated heterocycles. The maximum absolute atomic E-state index is 13.1. The van der Waals surface area contributed by atoms with E-state index in [4.69, 9.17) is 10.5 Å². The van der Waals surface area contributed by atoms with Gasteiger partial charge in [0.05, 0.1) is 0 Å². The molecule has 0 unspecified atom stereocenters. The molecule has 0 radical (unpaired) electrons. The maximum Gasteiger partial charge on any atom is 0.257 e. The molecular weight excluding hydrogens is 247 g/mol. The monoisotopic (exact) mass is 268 g/mol. The van der Waals surface area contributed by atoms with Crippen LogP contribution in [0.1, 0.15) is 38.3 Å². The molecule has 0 aliphatic carbocycles. The second-order valence-electron chi connectivity index (χ2n) is 4.46. The molecule has 19 heavy (non-hydrogen) atoms. The molecule has 0 aliphatic heterocycles. The fourth-order valence-electron chi connectivity index (χ4n) is 1.61. The van der Waals surface area contributed by atoms with Gasteiger partial charge in [-0.1, -0.05) is 13.3 Å². The fourth-order valence-corrected chi connectivity index (χ4v) is 1.61. The van der Waals surface area contributed by atoms with E-state index in [1.165, 1.54) is 18.2 Å². The highest BCUT2D eigenvalue weighted by Crippen LogP contribution is 2.24. The molecule has 1 amide bonds. The van der Waals surface area contributed by atoms with Crippen LogP contribution < -0.4 is 15.8 Å². The van der Waals surface area contributed by atoms with Crippen molar-refractivity contribution < 1.29 is 13.9 Å². The summed E-state index contributed by atoms with van der Waals surface area (Å²) in [6.07, 6.45) is 1.96. The molecule has 1 atom stereocenters. The molecular formula is C14H21FN2O2. The minimum atomic E-state index is -0.368. The van der Waals surface area contributed by atoms with Crippen LogP contribution in [-0.2, 0) is 4.79 Å². The first-order valence-corrected chi connectivity index (χ1v) is 6.49. The Balaban J connectivity index is 2.55. The lowest BCUT2D eigenvalue weighted by Gasteiger charge is -2.14. The number of nitrogens with one attached hydrogen (secondary N) is 1. The number of nitrogens with two attached hydrogens (primary N) is 1. The van der Waals surface area contributed by atoms with Crippen LogP contribution in [0.25, 0.3) is 0 Å². The van der Waals surface area contributed by atoms with Crippen LogP contribution in [0.4, 0.5) is 4.39 Å². The fraction of sp³-hybridized carbons (Fsp3) is 0.500. The third-order valence-electron chi connectivity index (χ3n) is 2.67. The maximum atomic E-state index is 13.1. The lowest BCUT2D eigenvalue weighted by atomic mass is 10.1. The average Bonchev–Trinajstić information content (AvgIpc) is 2.37. The van der Waals surface area contributed by atoms with E-state index in [9.17, 15) is 9.18 Å². The molecule has 0 heterocycles.